The van der Waals surface area contributed by atoms with E-state index >= 15 is 0 Å². The molecular weight excluding hydrogens is 377 g/mol. The number of imidazole rings is 1. The first-order valence-electron chi connectivity index (χ1n) is 8.44. The highest BCUT2D eigenvalue weighted by atomic mass is 19.4. The van der Waals surface area contributed by atoms with Crippen molar-refractivity contribution in [3.8, 4) is 17.1 Å². The molecular formula is C18H17F3N4O3. The number of benzene rings is 1. The molecule has 0 saturated carbocycles. The molecule has 0 aliphatic carbocycles. The molecule has 10 heteroatoms. The van der Waals surface area contributed by atoms with Crippen molar-refractivity contribution in [2.24, 2.45) is 7.05 Å². The number of aliphatic hydroxyl groups is 1. The van der Waals surface area contributed by atoms with Crippen LogP contribution in [0.4, 0.5) is 19.0 Å². The molecule has 2 aromatic heterocycles. The van der Waals surface area contributed by atoms with Gasteiger partial charge in [-0.2, -0.15) is 13.2 Å². The van der Waals surface area contributed by atoms with Crippen LogP contribution in [0.2, 0.25) is 0 Å². The monoisotopic (exact) mass is 394 g/mol. The van der Waals surface area contributed by atoms with Crippen molar-refractivity contribution in [1.82, 2.24) is 14.5 Å². The number of aryl methyl sites for hydroxylation is 1. The Morgan fingerprint density at radius 1 is 1.21 bits per heavy atom. The van der Waals surface area contributed by atoms with Crippen LogP contribution < -0.4 is 5.32 Å². The lowest BCUT2D eigenvalue weighted by Crippen LogP contribution is -2.54. The number of phenols is 1. The van der Waals surface area contributed by atoms with Crippen LogP contribution in [0.25, 0.3) is 22.6 Å². The molecule has 1 saturated heterocycles. The van der Waals surface area contributed by atoms with E-state index in [0.29, 0.717) is 23.0 Å². The molecule has 7 nitrogen and oxygen atoms in total. The van der Waals surface area contributed by atoms with Gasteiger partial charge in [-0.15, -0.1) is 0 Å². The minimum Gasteiger partial charge on any atom is -0.507 e. The average molecular weight is 394 g/mol. The molecule has 1 aromatic carbocycles. The van der Waals surface area contributed by atoms with Gasteiger partial charge in [-0.25, -0.2) is 9.97 Å². The van der Waals surface area contributed by atoms with Crippen LogP contribution in [0.15, 0.2) is 30.3 Å². The van der Waals surface area contributed by atoms with Gasteiger partial charge in [0, 0.05) is 13.6 Å². The van der Waals surface area contributed by atoms with Crippen LogP contribution in [0.5, 0.6) is 5.75 Å². The molecule has 0 radical (unpaired) electrons. The minimum atomic E-state index is -4.54. The first kappa shape index (κ1) is 18.5. The second-order valence-corrected chi connectivity index (χ2v) is 6.83. The van der Waals surface area contributed by atoms with E-state index in [2.05, 4.69) is 15.3 Å². The second-order valence-electron chi connectivity index (χ2n) is 6.83. The first-order valence-corrected chi connectivity index (χ1v) is 8.44. The van der Waals surface area contributed by atoms with E-state index in [0.717, 1.165) is 6.07 Å². The number of phenolic OH excluding ortho intramolecular Hbond substituents is 1. The number of hydrogen-bond acceptors (Lipinski definition) is 6. The molecule has 1 aliphatic heterocycles. The lowest BCUT2D eigenvalue weighted by Gasteiger charge is -2.36. The van der Waals surface area contributed by atoms with E-state index in [-0.39, 0.29) is 31.1 Å². The van der Waals surface area contributed by atoms with E-state index in [9.17, 15) is 23.4 Å². The maximum atomic E-state index is 12.8. The van der Waals surface area contributed by atoms with Gasteiger partial charge in [0.1, 0.15) is 23.0 Å². The number of aromatic hydroxyl groups is 1. The summed E-state index contributed by atoms with van der Waals surface area (Å²) in [5.41, 5.74) is -0.680. The largest absolute Gasteiger partial charge is 0.507 e. The Hall–Kier alpha value is -2.85. The van der Waals surface area contributed by atoms with Gasteiger partial charge in [0.2, 0.25) is 0 Å². The van der Waals surface area contributed by atoms with E-state index < -0.39 is 23.1 Å². The third kappa shape index (κ3) is 3.25. The molecule has 3 heterocycles. The number of anilines is 1. The van der Waals surface area contributed by atoms with Crippen LogP contribution in [0, 0.1) is 0 Å². The molecule has 0 spiro atoms. The summed E-state index contributed by atoms with van der Waals surface area (Å²) >= 11 is 0. The third-order valence-electron chi connectivity index (χ3n) is 4.65. The van der Waals surface area contributed by atoms with Crippen molar-refractivity contribution in [1.29, 1.82) is 0 Å². The van der Waals surface area contributed by atoms with Crippen molar-refractivity contribution in [2.45, 2.75) is 11.8 Å². The highest BCUT2D eigenvalue weighted by Crippen LogP contribution is 2.36. The van der Waals surface area contributed by atoms with Gasteiger partial charge in [-0.3, -0.25) is 0 Å². The van der Waals surface area contributed by atoms with Gasteiger partial charge in [-0.1, -0.05) is 0 Å². The summed E-state index contributed by atoms with van der Waals surface area (Å²) in [4.78, 5) is 8.73. The molecule has 148 valence electrons. The van der Waals surface area contributed by atoms with Crippen LogP contribution in [0.3, 0.4) is 0 Å². The normalized spacial score (nSPS) is 16.2. The number of fused-ring (bicyclic) bond motifs is 1. The molecule has 0 atom stereocenters. The Morgan fingerprint density at radius 2 is 1.96 bits per heavy atom. The fraction of sp³-hybridized carbons (Fsp3) is 0.333. The topological polar surface area (TPSA) is 92.4 Å². The molecule has 3 N–H and O–H groups in total. The van der Waals surface area contributed by atoms with Crippen LogP contribution in [-0.4, -0.2) is 50.1 Å². The smallest absolute Gasteiger partial charge is 0.416 e. The quantitative estimate of drug-likeness (QED) is 0.630. The van der Waals surface area contributed by atoms with Gasteiger partial charge in [0.15, 0.2) is 5.65 Å². The Balaban J connectivity index is 1.66. The van der Waals surface area contributed by atoms with E-state index in [1.165, 1.54) is 6.07 Å². The van der Waals surface area contributed by atoms with Crippen LogP contribution >= 0.6 is 0 Å². The molecule has 0 amide bonds. The van der Waals surface area contributed by atoms with Gasteiger partial charge >= 0.3 is 6.18 Å². The fourth-order valence-corrected chi connectivity index (χ4v) is 3.01. The first-order chi connectivity index (χ1) is 13.2. The lowest BCUT2D eigenvalue weighted by molar-refractivity contribution is -0.168. The van der Waals surface area contributed by atoms with Crippen molar-refractivity contribution in [3.63, 3.8) is 0 Å². The molecule has 4 rings (SSSR count). The fourth-order valence-electron chi connectivity index (χ4n) is 3.01. The number of halogens is 3. The highest BCUT2D eigenvalue weighted by Gasteiger charge is 2.36. The standard InChI is InChI=1S/C18H17F3N4O3/c1-25-12-4-5-14(22-7-17(27)8-28-9-17)23-15(12)24-16(25)11-3-2-10(6-13(11)26)18(19,20)21/h2-6,26-27H,7-9H2,1H3,(H,22,23). The van der Waals surface area contributed by atoms with E-state index in [1.807, 2.05) is 0 Å². The number of nitrogens with one attached hydrogen (secondary N) is 1. The lowest BCUT2D eigenvalue weighted by atomic mass is 10.0. The van der Waals surface area contributed by atoms with Gasteiger partial charge in [0.05, 0.1) is 29.9 Å². The number of hydrogen-bond donors (Lipinski definition) is 3. The zero-order chi connectivity index (χ0) is 20.1. The Bertz CT molecular complexity index is 1040. The van der Waals surface area contributed by atoms with Gasteiger partial charge < -0.3 is 24.8 Å². The number of alkyl halides is 3. The van der Waals surface area contributed by atoms with Gasteiger partial charge in [0.25, 0.3) is 0 Å². The summed E-state index contributed by atoms with van der Waals surface area (Å²) in [6, 6.07) is 6.23. The highest BCUT2D eigenvalue weighted by molar-refractivity contribution is 5.80. The SMILES string of the molecule is Cn1c(-c2ccc(C(F)(F)F)cc2O)nc2nc(NCC3(O)COC3)ccc21. The zero-order valence-electron chi connectivity index (χ0n) is 14.8. The number of aromatic nitrogens is 3. The summed E-state index contributed by atoms with van der Waals surface area (Å²) < 4.78 is 45.0. The molecule has 28 heavy (non-hydrogen) atoms. The van der Waals surface area contributed by atoms with E-state index in [4.69, 9.17) is 4.74 Å². The summed E-state index contributed by atoms with van der Waals surface area (Å²) in [6.07, 6.45) is -4.54. The summed E-state index contributed by atoms with van der Waals surface area (Å²) in [7, 11) is 1.69. The molecule has 1 fully saturated rings. The predicted molar refractivity (Wildman–Crippen MR) is 94.9 cm³/mol. The van der Waals surface area contributed by atoms with Crippen molar-refractivity contribution in [3.05, 3.63) is 35.9 Å². The Labute approximate surface area is 157 Å². The summed E-state index contributed by atoms with van der Waals surface area (Å²) in [5.74, 6) is 0.268. The summed E-state index contributed by atoms with van der Waals surface area (Å²) in [6.45, 7) is 0.775. The zero-order valence-corrected chi connectivity index (χ0v) is 14.8. The molecule has 3 aromatic rings. The predicted octanol–water partition coefficient (Wildman–Crippen LogP) is 2.53. The maximum absolute atomic E-state index is 12.8. The molecule has 0 bridgehead atoms. The Morgan fingerprint density at radius 3 is 2.57 bits per heavy atom. The van der Waals surface area contributed by atoms with Crippen LogP contribution in [-0.2, 0) is 18.0 Å². The number of ether oxygens (including phenoxy) is 1. The average Bonchev–Trinajstić information content (AvgIpc) is 2.93. The second kappa shape index (κ2) is 6.35. The molecule has 0 unspecified atom stereocenters. The van der Waals surface area contributed by atoms with Crippen molar-refractivity contribution < 1.29 is 28.1 Å². The third-order valence-corrected chi connectivity index (χ3v) is 4.65. The molecule has 1 aliphatic rings. The maximum Gasteiger partial charge on any atom is 0.416 e. The minimum absolute atomic E-state index is 0.170. The number of pyridine rings is 1. The van der Waals surface area contributed by atoms with E-state index in [1.54, 1.807) is 23.7 Å². The number of rotatable bonds is 4. The van der Waals surface area contributed by atoms with Gasteiger partial charge in [-0.05, 0) is 30.3 Å². The number of nitrogens with zero attached hydrogens (tertiary/aromatic N) is 3. The Kier molecular flexibility index (Phi) is 4.20. The summed E-state index contributed by atoms with van der Waals surface area (Å²) in [5, 5.41) is 23.2. The van der Waals surface area contributed by atoms with Crippen LogP contribution in [0.1, 0.15) is 5.56 Å². The van der Waals surface area contributed by atoms with Crippen molar-refractivity contribution >= 4 is 17.0 Å². The van der Waals surface area contributed by atoms with Crippen molar-refractivity contribution in [2.75, 3.05) is 25.1 Å².